The van der Waals surface area contributed by atoms with Crippen LogP contribution in [0.25, 0.3) is 0 Å². The summed E-state index contributed by atoms with van der Waals surface area (Å²) in [5.41, 5.74) is 0. The summed E-state index contributed by atoms with van der Waals surface area (Å²) in [4.78, 5) is 25.0. The minimum absolute atomic E-state index is 0.0517. The van der Waals surface area contributed by atoms with Gasteiger partial charge >= 0.3 is 5.97 Å². The van der Waals surface area contributed by atoms with E-state index in [0.29, 0.717) is 22.2 Å². The van der Waals surface area contributed by atoms with E-state index >= 15 is 0 Å². The summed E-state index contributed by atoms with van der Waals surface area (Å²) in [7, 11) is 0. The van der Waals surface area contributed by atoms with Gasteiger partial charge in [0.2, 0.25) is 0 Å². The van der Waals surface area contributed by atoms with E-state index in [0.717, 1.165) is 11.5 Å². The van der Waals surface area contributed by atoms with E-state index in [9.17, 15) is 9.59 Å². The summed E-state index contributed by atoms with van der Waals surface area (Å²) in [6.07, 6.45) is 2.46. The van der Waals surface area contributed by atoms with Gasteiger partial charge in [0.1, 0.15) is 4.32 Å². The molecule has 1 N–H and O–H groups in total. The average Bonchev–Trinajstić information content (AvgIpc) is 2.66. The van der Waals surface area contributed by atoms with Crippen LogP contribution in [0, 0.1) is 0 Å². The lowest BCUT2D eigenvalue weighted by molar-refractivity contribution is -0.137. The molecular formula is C13H19NO3S4. The summed E-state index contributed by atoms with van der Waals surface area (Å²) in [5.74, 6) is 1.05. The van der Waals surface area contributed by atoms with Crippen LogP contribution in [0.5, 0.6) is 0 Å². The molecule has 0 unspecified atom stereocenters. The summed E-state index contributed by atoms with van der Waals surface area (Å²) in [5, 5.41) is 8.65. The summed E-state index contributed by atoms with van der Waals surface area (Å²) in [6, 6.07) is 0. The molecule has 0 atom stereocenters. The maximum absolute atomic E-state index is 12.3. The Kier molecular flexibility index (Phi) is 8.77. The third-order valence-corrected chi connectivity index (χ3v) is 6.40. The van der Waals surface area contributed by atoms with Gasteiger partial charge in [0.25, 0.3) is 5.91 Å². The normalized spacial score (nSPS) is 17.3. The van der Waals surface area contributed by atoms with Crippen LogP contribution in [0.2, 0.25) is 0 Å². The van der Waals surface area contributed by atoms with Gasteiger partial charge < -0.3 is 5.11 Å². The minimum atomic E-state index is -0.852. The number of thiocarbonyl (C=S) groups is 1. The number of rotatable bonds is 9. The molecule has 1 aliphatic heterocycles. The van der Waals surface area contributed by atoms with Crippen LogP contribution in [-0.2, 0) is 9.59 Å². The smallest absolute Gasteiger partial charge is 0.303 e. The molecule has 1 amide bonds. The van der Waals surface area contributed by atoms with Gasteiger partial charge in [-0.2, -0.15) is 0 Å². The van der Waals surface area contributed by atoms with Crippen LogP contribution < -0.4 is 0 Å². The first-order valence-corrected chi connectivity index (χ1v) is 10.0. The Morgan fingerprint density at radius 1 is 1.43 bits per heavy atom. The van der Waals surface area contributed by atoms with Gasteiger partial charge in [0.05, 0.1) is 9.49 Å². The lowest BCUT2D eigenvalue weighted by Crippen LogP contribution is -2.29. The predicted molar refractivity (Wildman–Crippen MR) is 96.9 cm³/mol. The van der Waals surface area contributed by atoms with Gasteiger partial charge in [-0.15, -0.1) is 23.5 Å². The highest BCUT2D eigenvalue weighted by atomic mass is 32.2. The zero-order valence-corrected chi connectivity index (χ0v) is 15.3. The van der Waals surface area contributed by atoms with Crippen molar-refractivity contribution in [3.63, 3.8) is 0 Å². The molecule has 0 bridgehead atoms. The molecule has 1 aliphatic rings. The first-order chi connectivity index (χ1) is 9.99. The molecule has 1 saturated heterocycles. The van der Waals surface area contributed by atoms with E-state index in [2.05, 4.69) is 13.8 Å². The van der Waals surface area contributed by atoms with Crippen LogP contribution in [-0.4, -0.2) is 48.8 Å². The lowest BCUT2D eigenvalue weighted by Gasteiger charge is -2.13. The molecule has 0 radical (unpaired) electrons. The molecule has 21 heavy (non-hydrogen) atoms. The van der Waals surface area contributed by atoms with Crippen molar-refractivity contribution >= 4 is 63.7 Å². The average molecular weight is 366 g/mol. The number of carbonyl (C=O) groups excluding carboxylic acids is 1. The van der Waals surface area contributed by atoms with Crippen LogP contribution in [0.3, 0.4) is 0 Å². The molecule has 0 saturated carbocycles. The molecule has 4 nitrogen and oxygen atoms in total. The maximum Gasteiger partial charge on any atom is 0.303 e. The van der Waals surface area contributed by atoms with Crippen molar-refractivity contribution in [3.8, 4) is 0 Å². The number of carboxylic acid groups (broad SMARTS) is 1. The van der Waals surface area contributed by atoms with Crippen LogP contribution in [0.4, 0.5) is 0 Å². The van der Waals surface area contributed by atoms with Crippen LogP contribution in [0.15, 0.2) is 11.0 Å². The van der Waals surface area contributed by atoms with E-state index < -0.39 is 5.97 Å². The molecule has 1 heterocycles. The number of hydrogen-bond donors (Lipinski definition) is 1. The Hall–Kier alpha value is -0.180. The Balaban J connectivity index is 2.67. The van der Waals surface area contributed by atoms with E-state index in [-0.39, 0.29) is 16.9 Å². The Labute approximate surface area is 143 Å². The van der Waals surface area contributed by atoms with Gasteiger partial charge in [-0.25, -0.2) is 0 Å². The van der Waals surface area contributed by atoms with Gasteiger partial charge in [-0.3, -0.25) is 14.5 Å². The molecule has 0 spiro atoms. The first-order valence-electron chi connectivity index (χ1n) is 6.70. The Bertz CT molecular complexity index is 433. The topological polar surface area (TPSA) is 57.6 Å². The number of thioether (sulfide) groups is 3. The van der Waals surface area contributed by atoms with Crippen molar-refractivity contribution in [2.75, 3.05) is 18.1 Å². The van der Waals surface area contributed by atoms with Crippen molar-refractivity contribution in [3.05, 3.63) is 11.0 Å². The highest BCUT2D eigenvalue weighted by molar-refractivity contribution is 8.26. The molecule has 1 rings (SSSR count). The number of carbonyl (C=O) groups is 2. The Morgan fingerprint density at radius 3 is 2.57 bits per heavy atom. The second-order valence-electron chi connectivity index (χ2n) is 4.13. The predicted octanol–water partition coefficient (Wildman–Crippen LogP) is 3.43. The van der Waals surface area contributed by atoms with Crippen molar-refractivity contribution in [2.24, 2.45) is 0 Å². The number of aliphatic carboxylic acids is 1. The van der Waals surface area contributed by atoms with Crippen molar-refractivity contribution in [1.82, 2.24) is 4.90 Å². The second kappa shape index (κ2) is 9.76. The first kappa shape index (κ1) is 18.9. The van der Waals surface area contributed by atoms with Crippen molar-refractivity contribution < 1.29 is 14.7 Å². The monoisotopic (exact) mass is 365 g/mol. The molecule has 8 heteroatoms. The SMILES string of the molecule is CCSC(/C=C1/SC(=S)N(CCCC(=O)O)C1=O)SCC. The maximum atomic E-state index is 12.3. The van der Waals surface area contributed by atoms with Crippen LogP contribution in [0.1, 0.15) is 26.7 Å². The lowest BCUT2D eigenvalue weighted by atomic mass is 10.3. The number of amides is 1. The van der Waals surface area contributed by atoms with Crippen LogP contribution >= 0.6 is 47.5 Å². The molecule has 0 aromatic heterocycles. The summed E-state index contributed by atoms with van der Waals surface area (Å²) in [6.45, 7) is 4.57. The van der Waals surface area contributed by atoms with E-state index in [1.807, 2.05) is 6.08 Å². The van der Waals surface area contributed by atoms with Crippen molar-refractivity contribution in [2.45, 2.75) is 31.3 Å². The fourth-order valence-electron chi connectivity index (χ4n) is 1.69. The summed E-state index contributed by atoms with van der Waals surface area (Å²) < 4.78 is 0.784. The fraction of sp³-hybridized carbons (Fsp3) is 0.615. The minimum Gasteiger partial charge on any atom is -0.481 e. The zero-order chi connectivity index (χ0) is 15.8. The van der Waals surface area contributed by atoms with Crippen molar-refractivity contribution in [1.29, 1.82) is 0 Å². The standard InChI is InChI=1S/C13H19NO3S4/c1-3-19-11(20-4-2)8-9-12(17)14(13(18)21-9)7-5-6-10(15)16/h8,11H,3-7H2,1-2H3,(H,15,16)/b9-8+. The highest BCUT2D eigenvalue weighted by Crippen LogP contribution is 2.35. The van der Waals surface area contributed by atoms with Gasteiger partial charge in [0.15, 0.2) is 0 Å². The molecule has 0 aliphatic carbocycles. The highest BCUT2D eigenvalue weighted by Gasteiger charge is 2.32. The third-order valence-electron chi connectivity index (χ3n) is 2.60. The quantitative estimate of drug-likeness (QED) is 0.382. The van der Waals surface area contributed by atoms with Gasteiger partial charge in [-0.1, -0.05) is 37.8 Å². The summed E-state index contributed by atoms with van der Waals surface area (Å²) >= 11 is 10.1. The third kappa shape index (κ3) is 6.22. The largest absolute Gasteiger partial charge is 0.481 e. The van der Waals surface area contributed by atoms with Gasteiger partial charge in [0, 0.05) is 13.0 Å². The number of nitrogens with zero attached hydrogens (tertiary/aromatic N) is 1. The van der Waals surface area contributed by atoms with E-state index in [4.69, 9.17) is 17.3 Å². The molecule has 0 aromatic rings. The fourth-order valence-corrected chi connectivity index (χ4v) is 5.50. The molecular weight excluding hydrogens is 346 g/mol. The second-order valence-corrected chi connectivity index (χ2v) is 8.94. The number of hydrogen-bond acceptors (Lipinski definition) is 6. The molecule has 0 aromatic carbocycles. The molecule has 118 valence electrons. The molecule has 1 fully saturated rings. The number of carboxylic acids is 1. The van der Waals surface area contributed by atoms with Gasteiger partial charge in [-0.05, 0) is 24.0 Å². The van der Waals surface area contributed by atoms with E-state index in [1.54, 1.807) is 23.5 Å². The van der Waals surface area contributed by atoms with E-state index in [1.165, 1.54) is 16.7 Å². The zero-order valence-electron chi connectivity index (χ0n) is 12.0. The Morgan fingerprint density at radius 2 is 2.05 bits per heavy atom.